The number of hydrogen-bond donors (Lipinski definition) is 2. The summed E-state index contributed by atoms with van der Waals surface area (Å²) in [5.74, 6) is -2.68. The molecule has 1 atom stereocenters. The van der Waals surface area contributed by atoms with Gasteiger partial charge in [-0.3, -0.25) is 0 Å². The van der Waals surface area contributed by atoms with E-state index in [4.69, 9.17) is 9.84 Å². The summed E-state index contributed by atoms with van der Waals surface area (Å²) in [6, 6.07) is 0. The van der Waals surface area contributed by atoms with Crippen LogP contribution in [0.25, 0.3) is 0 Å². The van der Waals surface area contributed by atoms with Crippen LogP contribution in [-0.2, 0) is 14.3 Å². The zero-order chi connectivity index (χ0) is 12.3. The van der Waals surface area contributed by atoms with E-state index in [1.165, 1.54) is 0 Å². The Balaban J connectivity index is 4.79. The van der Waals surface area contributed by atoms with Gasteiger partial charge in [0.15, 0.2) is 0 Å². The van der Waals surface area contributed by atoms with E-state index in [-0.39, 0.29) is 6.42 Å². The third-order valence-electron chi connectivity index (χ3n) is 1.70. The minimum absolute atomic E-state index is 0.156. The minimum Gasteiger partial charge on any atom is -0.479 e. The Morgan fingerprint density at radius 2 is 1.73 bits per heavy atom. The molecule has 0 aromatic heterocycles. The molecule has 0 bridgehead atoms. The maximum absolute atomic E-state index is 11.5. The van der Waals surface area contributed by atoms with Crippen molar-refractivity contribution in [1.82, 2.24) is 0 Å². The standard InChI is InChI=1S/C10H18O5/c1-5-6-10(14,7(11)12)8(13)15-9(2,3)4/h14H,5-6H2,1-4H3,(H,11,12). The van der Waals surface area contributed by atoms with E-state index >= 15 is 0 Å². The predicted octanol–water partition coefficient (Wildman–Crippen LogP) is 0.944. The molecule has 2 N–H and O–H groups in total. The number of carbonyl (C=O) groups excluding carboxylic acids is 1. The van der Waals surface area contributed by atoms with Crippen LogP contribution in [0, 0.1) is 0 Å². The number of esters is 1. The van der Waals surface area contributed by atoms with Gasteiger partial charge in [-0.15, -0.1) is 0 Å². The van der Waals surface area contributed by atoms with Crippen LogP contribution in [0.4, 0.5) is 0 Å². The van der Waals surface area contributed by atoms with Crippen LogP contribution in [-0.4, -0.2) is 33.4 Å². The number of carbonyl (C=O) groups is 2. The molecule has 0 aliphatic rings. The van der Waals surface area contributed by atoms with Crippen molar-refractivity contribution in [2.24, 2.45) is 0 Å². The number of carboxylic acid groups (broad SMARTS) is 1. The zero-order valence-corrected chi connectivity index (χ0v) is 9.53. The summed E-state index contributed by atoms with van der Waals surface area (Å²) in [5, 5.41) is 18.4. The van der Waals surface area contributed by atoms with E-state index in [9.17, 15) is 14.7 Å². The molecule has 0 aliphatic heterocycles. The lowest BCUT2D eigenvalue weighted by molar-refractivity contribution is -0.188. The first kappa shape index (κ1) is 13.9. The Bertz CT molecular complexity index is 253. The van der Waals surface area contributed by atoms with Crippen LogP contribution in [0.1, 0.15) is 40.5 Å². The quantitative estimate of drug-likeness (QED) is 0.542. The zero-order valence-electron chi connectivity index (χ0n) is 9.53. The van der Waals surface area contributed by atoms with Crippen LogP contribution in [0.3, 0.4) is 0 Å². The average molecular weight is 218 g/mol. The third-order valence-corrected chi connectivity index (χ3v) is 1.70. The Labute approximate surface area is 89.0 Å². The van der Waals surface area contributed by atoms with Crippen molar-refractivity contribution in [2.45, 2.75) is 51.7 Å². The molecule has 15 heavy (non-hydrogen) atoms. The highest BCUT2D eigenvalue weighted by Gasteiger charge is 2.46. The molecule has 0 radical (unpaired) electrons. The second-order valence-corrected chi connectivity index (χ2v) is 4.42. The molecule has 88 valence electrons. The number of carboxylic acids is 1. The fourth-order valence-electron chi connectivity index (χ4n) is 1.02. The van der Waals surface area contributed by atoms with Crippen LogP contribution in [0.2, 0.25) is 0 Å². The van der Waals surface area contributed by atoms with Gasteiger partial charge in [0, 0.05) is 0 Å². The fourth-order valence-corrected chi connectivity index (χ4v) is 1.02. The number of rotatable bonds is 4. The van der Waals surface area contributed by atoms with E-state index < -0.39 is 23.1 Å². The van der Waals surface area contributed by atoms with Gasteiger partial charge in [-0.25, -0.2) is 9.59 Å². The maximum atomic E-state index is 11.5. The third kappa shape index (κ3) is 3.87. The maximum Gasteiger partial charge on any atom is 0.350 e. The van der Waals surface area contributed by atoms with E-state index in [1.807, 2.05) is 0 Å². The average Bonchev–Trinajstić information content (AvgIpc) is 2.00. The molecule has 0 spiro atoms. The second kappa shape index (κ2) is 4.61. The molecule has 0 saturated heterocycles. The van der Waals surface area contributed by atoms with Crippen molar-refractivity contribution in [2.75, 3.05) is 0 Å². The van der Waals surface area contributed by atoms with Gasteiger partial charge in [-0.2, -0.15) is 0 Å². The smallest absolute Gasteiger partial charge is 0.350 e. The largest absolute Gasteiger partial charge is 0.479 e. The molecular formula is C10H18O5. The Morgan fingerprint density at radius 1 is 1.27 bits per heavy atom. The van der Waals surface area contributed by atoms with E-state index in [0.29, 0.717) is 6.42 Å². The van der Waals surface area contributed by atoms with Crippen molar-refractivity contribution >= 4 is 11.9 Å². The highest BCUT2D eigenvalue weighted by atomic mass is 16.6. The van der Waals surface area contributed by atoms with Crippen LogP contribution in [0.5, 0.6) is 0 Å². The molecule has 0 aromatic rings. The lowest BCUT2D eigenvalue weighted by Crippen LogP contribution is -2.49. The van der Waals surface area contributed by atoms with Crippen molar-refractivity contribution in [3.05, 3.63) is 0 Å². The van der Waals surface area contributed by atoms with Gasteiger partial charge in [0.2, 0.25) is 0 Å². The van der Waals surface area contributed by atoms with E-state index in [0.717, 1.165) is 0 Å². The number of aliphatic carboxylic acids is 1. The lowest BCUT2D eigenvalue weighted by Gasteiger charge is -2.26. The van der Waals surface area contributed by atoms with Gasteiger partial charge in [0.1, 0.15) is 5.60 Å². The normalized spacial score (nSPS) is 15.5. The van der Waals surface area contributed by atoms with Crippen molar-refractivity contribution in [1.29, 1.82) is 0 Å². The van der Waals surface area contributed by atoms with Crippen LogP contribution < -0.4 is 0 Å². The van der Waals surface area contributed by atoms with Crippen LogP contribution >= 0.6 is 0 Å². The number of hydrogen-bond acceptors (Lipinski definition) is 4. The van der Waals surface area contributed by atoms with Gasteiger partial charge in [-0.05, 0) is 27.2 Å². The summed E-state index contributed by atoms with van der Waals surface area (Å²) in [6.45, 7) is 6.51. The minimum atomic E-state index is -2.43. The molecule has 5 heteroatoms. The van der Waals surface area contributed by atoms with Crippen molar-refractivity contribution in [3.63, 3.8) is 0 Å². The Hall–Kier alpha value is -1.10. The molecule has 0 aliphatic carbocycles. The molecule has 0 aromatic carbocycles. The van der Waals surface area contributed by atoms with Gasteiger partial charge in [-0.1, -0.05) is 13.3 Å². The topological polar surface area (TPSA) is 83.8 Å². The molecule has 0 saturated carbocycles. The number of aliphatic hydroxyl groups is 1. The second-order valence-electron chi connectivity index (χ2n) is 4.42. The first-order valence-corrected chi connectivity index (χ1v) is 4.82. The van der Waals surface area contributed by atoms with Gasteiger partial charge >= 0.3 is 11.9 Å². The van der Waals surface area contributed by atoms with Crippen LogP contribution in [0.15, 0.2) is 0 Å². The molecule has 5 nitrogen and oxygen atoms in total. The molecule has 1 unspecified atom stereocenters. The summed E-state index contributed by atoms with van der Waals surface area (Å²) in [7, 11) is 0. The molecule has 0 amide bonds. The Morgan fingerprint density at radius 3 is 2.00 bits per heavy atom. The van der Waals surface area contributed by atoms with Gasteiger partial charge < -0.3 is 14.9 Å². The molecule has 0 fully saturated rings. The van der Waals surface area contributed by atoms with E-state index in [2.05, 4.69) is 0 Å². The van der Waals surface area contributed by atoms with E-state index in [1.54, 1.807) is 27.7 Å². The summed E-state index contributed by atoms with van der Waals surface area (Å²) >= 11 is 0. The number of ether oxygens (including phenoxy) is 1. The fraction of sp³-hybridized carbons (Fsp3) is 0.800. The van der Waals surface area contributed by atoms with Gasteiger partial charge in [0.05, 0.1) is 0 Å². The highest BCUT2D eigenvalue weighted by molar-refractivity contribution is 6.02. The Kier molecular flexibility index (Phi) is 4.27. The highest BCUT2D eigenvalue weighted by Crippen LogP contribution is 2.19. The summed E-state index contributed by atoms with van der Waals surface area (Å²) in [4.78, 5) is 22.2. The SMILES string of the molecule is CCCC(O)(C(=O)O)C(=O)OC(C)(C)C. The molecular weight excluding hydrogens is 200 g/mol. The van der Waals surface area contributed by atoms with Crippen molar-refractivity contribution < 1.29 is 24.5 Å². The molecule has 0 rings (SSSR count). The first-order chi connectivity index (χ1) is 6.63. The lowest BCUT2D eigenvalue weighted by atomic mass is 9.98. The summed E-state index contributed by atoms with van der Waals surface area (Å²) in [5.41, 5.74) is -3.24. The molecule has 0 heterocycles. The van der Waals surface area contributed by atoms with Gasteiger partial charge in [0.25, 0.3) is 5.60 Å². The summed E-state index contributed by atoms with van der Waals surface area (Å²) < 4.78 is 4.85. The predicted molar refractivity (Wildman–Crippen MR) is 53.3 cm³/mol. The van der Waals surface area contributed by atoms with Crippen molar-refractivity contribution in [3.8, 4) is 0 Å². The summed E-state index contributed by atoms with van der Waals surface area (Å²) in [6.07, 6.45) is 0.222. The first-order valence-electron chi connectivity index (χ1n) is 4.82. The monoisotopic (exact) mass is 218 g/mol.